The van der Waals surface area contributed by atoms with Crippen LogP contribution in [0, 0.1) is 6.92 Å². The van der Waals surface area contributed by atoms with Crippen LogP contribution in [-0.2, 0) is 11.4 Å². The fourth-order valence-electron chi connectivity index (χ4n) is 3.30. The number of carbonyl (C=O) groups is 1. The second-order valence-corrected chi connectivity index (χ2v) is 9.21. The first kappa shape index (κ1) is 23.9. The molecule has 172 valence electrons. The number of nitrogens with one attached hydrogen (secondary N) is 1. The van der Waals surface area contributed by atoms with Crippen LogP contribution >= 0.6 is 31.9 Å². The maximum Gasteiger partial charge on any atom is 0.277 e. The molecule has 6 nitrogen and oxygen atoms in total. The van der Waals surface area contributed by atoms with Crippen LogP contribution < -0.4 is 14.9 Å². The average Bonchev–Trinajstić information content (AvgIpc) is 2.82. The summed E-state index contributed by atoms with van der Waals surface area (Å²) in [7, 11) is 0. The maximum absolute atomic E-state index is 12.2. The number of pyridine rings is 1. The van der Waals surface area contributed by atoms with Crippen molar-refractivity contribution in [3.8, 4) is 11.5 Å². The third-order valence-electron chi connectivity index (χ3n) is 4.84. The Bertz CT molecular complexity index is 1330. The van der Waals surface area contributed by atoms with Gasteiger partial charge in [-0.25, -0.2) is 5.43 Å². The fourth-order valence-corrected chi connectivity index (χ4v) is 4.75. The largest absolute Gasteiger partial charge is 0.487 e. The molecule has 34 heavy (non-hydrogen) atoms. The normalized spacial score (nSPS) is 11.0. The molecule has 0 aliphatic rings. The standard InChI is InChI=1S/C26H21Br2N3O3/c1-17-5-2-6-18(11-17)15-34-26-21(27)12-19(13-22(26)28)14-30-31-24(32)16-33-23-9-3-7-20-8-4-10-29-25(20)23/h2-14H,15-16H2,1H3,(H,31,32)/b30-14+. The van der Waals surface area contributed by atoms with Gasteiger partial charge in [0.25, 0.3) is 5.91 Å². The predicted octanol–water partition coefficient (Wildman–Crippen LogP) is 6.18. The van der Waals surface area contributed by atoms with Gasteiger partial charge in [-0.05, 0) is 74.2 Å². The van der Waals surface area contributed by atoms with Gasteiger partial charge in [0.15, 0.2) is 6.61 Å². The topological polar surface area (TPSA) is 72.8 Å². The Balaban J connectivity index is 1.32. The van der Waals surface area contributed by atoms with Gasteiger partial charge >= 0.3 is 0 Å². The van der Waals surface area contributed by atoms with Crippen molar-refractivity contribution in [2.75, 3.05) is 6.61 Å². The van der Waals surface area contributed by atoms with Gasteiger partial charge in [-0.3, -0.25) is 9.78 Å². The summed E-state index contributed by atoms with van der Waals surface area (Å²) < 4.78 is 13.2. The smallest absolute Gasteiger partial charge is 0.277 e. The minimum absolute atomic E-state index is 0.174. The molecule has 0 saturated heterocycles. The number of para-hydroxylation sites is 1. The molecule has 1 N–H and O–H groups in total. The van der Waals surface area contributed by atoms with Gasteiger partial charge in [0, 0.05) is 11.6 Å². The lowest BCUT2D eigenvalue weighted by molar-refractivity contribution is -0.123. The van der Waals surface area contributed by atoms with Gasteiger partial charge in [-0.2, -0.15) is 5.10 Å². The second kappa shape index (κ2) is 11.3. The molecule has 4 aromatic rings. The number of hydrazone groups is 1. The molecule has 0 bridgehead atoms. The number of nitrogens with zero attached hydrogens (tertiary/aromatic N) is 2. The molecule has 1 aromatic heterocycles. The van der Waals surface area contributed by atoms with E-state index < -0.39 is 0 Å². The van der Waals surface area contributed by atoms with Crippen LogP contribution in [0.25, 0.3) is 10.9 Å². The van der Waals surface area contributed by atoms with Crippen molar-refractivity contribution >= 4 is 54.9 Å². The molecule has 0 saturated carbocycles. The zero-order valence-electron chi connectivity index (χ0n) is 18.3. The molecule has 1 heterocycles. The molecular formula is C26H21Br2N3O3. The van der Waals surface area contributed by atoms with E-state index in [1.54, 1.807) is 18.5 Å². The molecule has 4 rings (SSSR count). The van der Waals surface area contributed by atoms with E-state index in [9.17, 15) is 4.79 Å². The number of halogens is 2. The number of amides is 1. The van der Waals surface area contributed by atoms with Crippen molar-refractivity contribution in [1.29, 1.82) is 0 Å². The number of rotatable bonds is 8. The highest BCUT2D eigenvalue weighted by atomic mass is 79.9. The molecule has 0 atom stereocenters. The summed E-state index contributed by atoms with van der Waals surface area (Å²) in [5.41, 5.74) is 6.24. The highest BCUT2D eigenvalue weighted by Gasteiger charge is 2.10. The predicted molar refractivity (Wildman–Crippen MR) is 140 cm³/mol. The van der Waals surface area contributed by atoms with E-state index >= 15 is 0 Å². The Hall–Kier alpha value is -3.23. The quantitative estimate of drug-likeness (QED) is 0.199. The van der Waals surface area contributed by atoms with Crippen LogP contribution in [0.3, 0.4) is 0 Å². The lowest BCUT2D eigenvalue weighted by atomic mass is 10.1. The first-order chi connectivity index (χ1) is 16.5. The summed E-state index contributed by atoms with van der Waals surface area (Å²) in [5, 5.41) is 4.97. The Morgan fingerprint density at radius 2 is 1.79 bits per heavy atom. The fraction of sp³-hybridized carbons (Fsp3) is 0.115. The molecule has 0 spiro atoms. The summed E-state index contributed by atoms with van der Waals surface area (Å²) in [6.45, 7) is 2.33. The van der Waals surface area contributed by atoms with Crippen molar-refractivity contribution in [2.45, 2.75) is 13.5 Å². The third-order valence-corrected chi connectivity index (χ3v) is 6.02. The number of hydrogen-bond acceptors (Lipinski definition) is 5. The number of ether oxygens (including phenoxy) is 2. The Morgan fingerprint density at radius 3 is 2.59 bits per heavy atom. The van der Waals surface area contributed by atoms with E-state index in [1.165, 1.54) is 5.56 Å². The summed E-state index contributed by atoms with van der Waals surface area (Å²) in [4.78, 5) is 16.5. The summed E-state index contributed by atoms with van der Waals surface area (Å²) in [6.07, 6.45) is 3.24. The van der Waals surface area contributed by atoms with Gasteiger partial charge in [0.05, 0.1) is 15.2 Å². The van der Waals surface area contributed by atoms with E-state index in [0.717, 1.165) is 25.5 Å². The van der Waals surface area contributed by atoms with E-state index in [4.69, 9.17) is 9.47 Å². The summed E-state index contributed by atoms with van der Waals surface area (Å²) in [6, 6.07) is 21.3. The van der Waals surface area contributed by atoms with Crippen molar-refractivity contribution < 1.29 is 14.3 Å². The third kappa shape index (κ3) is 6.21. The lowest BCUT2D eigenvalue weighted by Gasteiger charge is -2.12. The van der Waals surface area contributed by atoms with Crippen molar-refractivity contribution in [1.82, 2.24) is 10.4 Å². The van der Waals surface area contributed by atoms with Crippen molar-refractivity contribution in [3.05, 3.63) is 98.6 Å². The molecule has 3 aromatic carbocycles. The van der Waals surface area contributed by atoms with Crippen LogP contribution in [0.1, 0.15) is 16.7 Å². The first-order valence-electron chi connectivity index (χ1n) is 10.5. The van der Waals surface area contributed by atoms with E-state index in [2.05, 4.69) is 66.4 Å². The lowest BCUT2D eigenvalue weighted by Crippen LogP contribution is -2.24. The highest BCUT2D eigenvalue weighted by Crippen LogP contribution is 2.35. The Morgan fingerprint density at radius 1 is 1.03 bits per heavy atom. The monoisotopic (exact) mass is 581 g/mol. The highest BCUT2D eigenvalue weighted by molar-refractivity contribution is 9.11. The van der Waals surface area contributed by atoms with Gasteiger partial charge in [0.1, 0.15) is 23.6 Å². The molecule has 0 aliphatic heterocycles. The SMILES string of the molecule is Cc1cccc(COc2c(Br)cc(/C=N/NC(=O)COc3cccc4cccnc34)cc2Br)c1. The zero-order chi connectivity index (χ0) is 23.9. The Labute approximate surface area is 214 Å². The van der Waals surface area contributed by atoms with Gasteiger partial charge in [-0.1, -0.05) is 48.0 Å². The van der Waals surface area contributed by atoms with E-state index in [0.29, 0.717) is 23.6 Å². The molecule has 0 unspecified atom stereocenters. The van der Waals surface area contributed by atoms with E-state index in [-0.39, 0.29) is 12.5 Å². The number of aryl methyl sites for hydroxylation is 1. The van der Waals surface area contributed by atoms with Crippen LogP contribution in [-0.4, -0.2) is 23.7 Å². The number of fused-ring (bicyclic) bond motifs is 1. The number of hydrogen-bond donors (Lipinski definition) is 1. The first-order valence-corrected chi connectivity index (χ1v) is 12.0. The van der Waals surface area contributed by atoms with Gasteiger partial charge in [-0.15, -0.1) is 0 Å². The molecule has 0 radical (unpaired) electrons. The number of benzene rings is 3. The van der Waals surface area contributed by atoms with Crippen molar-refractivity contribution in [3.63, 3.8) is 0 Å². The van der Waals surface area contributed by atoms with Crippen LogP contribution in [0.4, 0.5) is 0 Å². The molecular weight excluding hydrogens is 562 g/mol. The van der Waals surface area contributed by atoms with Crippen LogP contribution in [0.2, 0.25) is 0 Å². The molecule has 0 fully saturated rings. The second-order valence-electron chi connectivity index (χ2n) is 7.50. The van der Waals surface area contributed by atoms with Crippen LogP contribution in [0.15, 0.2) is 87.0 Å². The minimum atomic E-state index is -0.375. The molecule has 0 aliphatic carbocycles. The van der Waals surface area contributed by atoms with Crippen LogP contribution in [0.5, 0.6) is 11.5 Å². The molecule has 1 amide bonds. The summed E-state index contributed by atoms with van der Waals surface area (Å²) >= 11 is 7.09. The minimum Gasteiger partial charge on any atom is -0.487 e. The number of aromatic nitrogens is 1. The summed E-state index contributed by atoms with van der Waals surface area (Å²) in [5.74, 6) is 0.867. The van der Waals surface area contributed by atoms with Gasteiger partial charge in [0.2, 0.25) is 0 Å². The van der Waals surface area contributed by atoms with Gasteiger partial charge < -0.3 is 9.47 Å². The maximum atomic E-state index is 12.2. The average molecular weight is 583 g/mol. The number of carbonyl (C=O) groups excluding carboxylic acids is 1. The molecule has 8 heteroatoms. The van der Waals surface area contributed by atoms with E-state index in [1.807, 2.05) is 48.5 Å². The van der Waals surface area contributed by atoms with Crippen molar-refractivity contribution in [2.24, 2.45) is 5.10 Å². The Kier molecular flexibility index (Phi) is 7.92. The zero-order valence-corrected chi connectivity index (χ0v) is 21.5.